The van der Waals surface area contributed by atoms with Crippen LogP contribution in [0.15, 0.2) is 48.5 Å². The number of para-hydroxylation sites is 1. The van der Waals surface area contributed by atoms with Crippen LogP contribution in [0.25, 0.3) is 10.9 Å². The number of benzene rings is 2. The van der Waals surface area contributed by atoms with Crippen LogP contribution in [0.2, 0.25) is 0 Å². The van der Waals surface area contributed by atoms with Crippen molar-refractivity contribution in [2.75, 3.05) is 23.3 Å². The van der Waals surface area contributed by atoms with E-state index in [1.165, 1.54) is 24.8 Å². The van der Waals surface area contributed by atoms with Crippen LogP contribution in [0.1, 0.15) is 24.8 Å². The van der Waals surface area contributed by atoms with Gasteiger partial charge in [-0.15, -0.1) is 0 Å². The summed E-state index contributed by atoms with van der Waals surface area (Å²) in [4.78, 5) is 11.9. The van der Waals surface area contributed by atoms with E-state index in [1.54, 1.807) is 0 Å². The lowest BCUT2D eigenvalue weighted by atomic mass is 10.1. The number of piperidine rings is 1. The normalized spacial score (nSPS) is 14.8. The third kappa shape index (κ3) is 3.04. The molecule has 0 saturated carbocycles. The molecule has 1 aromatic heterocycles. The first-order valence-electron chi connectivity index (χ1n) is 8.65. The van der Waals surface area contributed by atoms with E-state index >= 15 is 0 Å². The van der Waals surface area contributed by atoms with E-state index in [9.17, 15) is 0 Å². The summed E-state index contributed by atoms with van der Waals surface area (Å²) in [5.74, 6) is 1.72. The molecule has 2 heterocycles. The van der Waals surface area contributed by atoms with E-state index in [0.29, 0.717) is 0 Å². The summed E-state index contributed by atoms with van der Waals surface area (Å²) in [6, 6.07) is 16.6. The number of rotatable bonds is 3. The van der Waals surface area contributed by atoms with Gasteiger partial charge in [-0.3, -0.25) is 0 Å². The van der Waals surface area contributed by atoms with E-state index in [-0.39, 0.29) is 0 Å². The Hall–Kier alpha value is -2.62. The largest absolute Gasteiger partial charge is 0.341 e. The predicted octanol–water partition coefficient (Wildman–Crippen LogP) is 4.67. The second-order valence-corrected chi connectivity index (χ2v) is 6.43. The molecule has 0 amide bonds. The van der Waals surface area contributed by atoms with E-state index in [0.717, 1.165) is 41.4 Å². The maximum absolute atomic E-state index is 4.85. The maximum atomic E-state index is 4.85. The standard InChI is InChI=1S/C20H22N4/c1-15-9-11-16(12-10-15)21-19-17-7-3-4-8-18(17)22-20(23-19)24-13-5-2-6-14-24/h3-4,7-12H,2,5-6,13-14H2,1H3,(H,21,22,23). The summed E-state index contributed by atoms with van der Waals surface area (Å²) in [6.07, 6.45) is 3.74. The zero-order valence-corrected chi connectivity index (χ0v) is 14.0. The van der Waals surface area contributed by atoms with Gasteiger partial charge in [0.15, 0.2) is 0 Å². The van der Waals surface area contributed by atoms with Crippen LogP contribution >= 0.6 is 0 Å². The van der Waals surface area contributed by atoms with Crippen LogP contribution in [0.3, 0.4) is 0 Å². The second kappa shape index (κ2) is 6.48. The Labute approximate surface area is 142 Å². The number of nitrogens with one attached hydrogen (secondary N) is 1. The quantitative estimate of drug-likeness (QED) is 0.762. The number of hydrogen-bond acceptors (Lipinski definition) is 4. The highest BCUT2D eigenvalue weighted by molar-refractivity contribution is 5.91. The monoisotopic (exact) mass is 318 g/mol. The average molecular weight is 318 g/mol. The fourth-order valence-electron chi connectivity index (χ4n) is 3.17. The van der Waals surface area contributed by atoms with Gasteiger partial charge in [-0.05, 0) is 50.5 Å². The van der Waals surface area contributed by atoms with Gasteiger partial charge in [-0.25, -0.2) is 4.98 Å². The van der Waals surface area contributed by atoms with Gasteiger partial charge in [-0.2, -0.15) is 4.98 Å². The van der Waals surface area contributed by atoms with Crippen molar-refractivity contribution in [1.82, 2.24) is 9.97 Å². The van der Waals surface area contributed by atoms with Crippen molar-refractivity contribution in [3.63, 3.8) is 0 Å². The molecule has 24 heavy (non-hydrogen) atoms. The molecule has 4 nitrogen and oxygen atoms in total. The summed E-state index contributed by atoms with van der Waals surface area (Å²) in [5, 5.41) is 4.53. The van der Waals surface area contributed by atoms with Gasteiger partial charge in [0.25, 0.3) is 0 Å². The molecule has 0 spiro atoms. The molecule has 0 unspecified atom stereocenters. The zero-order valence-electron chi connectivity index (χ0n) is 14.0. The fraction of sp³-hybridized carbons (Fsp3) is 0.300. The molecular formula is C20H22N4. The van der Waals surface area contributed by atoms with Gasteiger partial charge in [-0.1, -0.05) is 29.8 Å². The molecule has 4 heteroatoms. The Morgan fingerprint density at radius 1 is 0.875 bits per heavy atom. The smallest absolute Gasteiger partial charge is 0.227 e. The number of hydrogen-bond donors (Lipinski definition) is 1. The molecule has 122 valence electrons. The van der Waals surface area contributed by atoms with E-state index in [2.05, 4.69) is 53.5 Å². The van der Waals surface area contributed by atoms with Crippen LogP contribution in [-0.2, 0) is 0 Å². The van der Waals surface area contributed by atoms with Gasteiger partial charge in [0, 0.05) is 24.2 Å². The van der Waals surface area contributed by atoms with Gasteiger partial charge in [0.1, 0.15) is 5.82 Å². The molecule has 0 bridgehead atoms. The van der Waals surface area contributed by atoms with Crippen molar-refractivity contribution in [1.29, 1.82) is 0 Å². The Morgan fingerprint density at radius 2 is 1.62 bits per heavy atom. The summed E-state index contributed by atoms with van der Waals surface area (Å²) in [6.45, 7) is 4.18. The van der Waals surface area contributed by atoms with Crippen molar-refractivity contribution in [3.05, 3.63) is 54.1 Å². The number of aryl methyl sites for hydroxylation is 1. The molecule has 4 rings (SSSR count). The lowest BCUT2D eigenvalue weighted by Crippen LogP contribution is -2.31. The highest BCUT2D eigenvalue weighted by Crippen LogP contribution is 2.27. The molecule has 1 aliphatic rings. The fourth-order valence-corrected chi connectivity index (χ4v) is 3.17. The molecule has 1 N–H and O–H groups in total. The Balaban J connectivity index is 1.75. The predicted molar refractivity (Wildman–Crippen MR) is 100 cm³/mol. The van der Waals surface area contributed by atoms with Crippen molar-refractivity contribution in [2.45, 2.75) is 26.2 Å². The molecule has 0 radical (unpaired) electrons. The maximum Gasteiger partial charge on any atom is 0.227 e. The van der Waals surface area contributed by atoms with E-state index < -0.39 is 0 Å². The SMILES string of the molecule is Cc1ccc(Nc2nc(N3CCCCC3)nc3ccccc23)cc1. The van der Waals surface area contributed by atoms with Gasteiger partial charge in [0.2, 0.25) is 5.95 Å². The Kier molecular flexibility index (Phi) is 4.03. The van der Waals surface area contributed by atoms with E-state index in [1.807, 2.05) is 12.1 Å². The highest BCUT2D eigenvalue weighted by atomic mass is 15.3. The third-order valence-electron chi connectivity index (χ3n) is 4.54. The first-order valence-corrected chi connectivity index (χ1v) is 8.65. The lowest BCUT2D eigenvalue weighted by Gasteiger charge is -2.27. The Morgan fingerprint density at radius 3 is 2.42 bits per heavy atom. The van der Waals surface area contributed by atoms with Crippen molar-refractivity contribution >= 4 is 28.4 Å². The van der Waals surface area contributed by atoms with Crippen LogP contribution < -0.4 is 10.2 Å². The number of fused-ring (bicyclic) bond motifs is 1. The molecule has 0 atom stereocenters. The van der Waals surface area contributed by atoms with Gasteiger partial charge in [0.05, 0.1) is 5.52 Å². The summed E-state index contributed by atoms with van der Waals surface area (Å²) < 4.78 is 0. The highest BCUT2D eigenvalue weighted by Gasteiger charge is 2.16. The number of anilines is 3. The molecule has 3 aromatic rings. The zero-order chi connectivity index (χ0) is 16.4. The molecular weight excluding hydrogens is 296 g/mol. The summed E-state index contributed by atoms with van der Waals surface area (Å²) in [7, 11) is 0. The minimum atomic E-state index is 0.836. The average Bonchev–Trinajstić information content (AvgIpc) is 2.64. The minimum absolute atomic E-state index is 0.836. The first-order chi connectivity index (χ1) is 11.8. The first kappa shape index (κ1) is 14.9. The third-order valence-corrected chi connectivity index (χ3v) is 4.54. The van der Waals surface area contributed by atoms with Crippen molar-refractivity contribution in [3.8, 4) is 0 Å². The lowest BCUT2D eigenvalue weighted by molar-refractivity contribution is 0.569. The van der Waals surface area contributed by atoms with Crippen LogP contribution in [0.4, 0.5) is 17.5 Å². The van der Waals surface area contributed by atoms with Crippen LogP contribution in [0.5, 0.6) is 0 Å². The van der Waals surface area contributed by atoms with Gasteiger partial charge < -0.3 is 10.2 Å². The van der Waals surface area contributed by atoms with Crippen LogP contribution in [0, 0.1) is 6.92 Å². The summed E-state index contributed by atoms with van der Waals surface area (Å²) in [5.41, 5.74) is 3.29. The summed E-state index contributed by atoms with van der Waals surface area (Å²) >= 11 is 0. The molecule has 2 aromatic carbocycles. The van der Waals surface area contributed by atoms with Crippen LogP contribution in [-0.4, -0.2) is 23.1 Å². The molecule has 1 aliphatic heterocycles. The van der Waals surface area contributed by atoms with Crippen molar-refractivity contribution < 1.29 is 0 Å². The van der Waals surface area contributed by atoms with Gasteiger partial charge >= 0.3 is 0 Å². The Bertz CT molecular complexity index is 836. The minimum Gasteiger partial charge on any atom is -0.341 e. The topological polar surface area (TPSA) is 41.1 Å². The number of aromatic nitrogens is 2. The van der Waals surface area contributed by atoms with Crippen molar-refractivity contribution in [2.24, 2.45) is 0 Å². The number of nitrogens with zero attached hydrogens (tertiary/aromatic N) is 3. The molecule has 1 fully saturated rings. The second-order valence-electron chi connectivity index (χ2n) is 6.43. The molecule has 0 aliphatic carbocycles. The molecule has 1 saturated heterocycles. The van der Waals surface area contributed by atoms with E-state index in [4.69, 9.17) is 9.97 Å².